The summed E-state index contributed by atoms with van der Waals surface area (Å²) in [5.41, 5.74) is 2.91. The van der Waals surface area contributed by atoms with E-state index >= 15 is 0 Å². The predicted molar refractivity (Wildman–Crippen MR) is 103 cm³/mol. The summed E-state index contributed by atoms with van der Waals surface area (Å²) >= 11 is 0. The average Bonchev–Trinajstić information content (AvgIpc) is 3.14. The maximum absolute atomic E-state index is 12.7. The smallest absolute Gasteiger partial charge is 0.224 e. The summed E-state index contributed by atoms with van der Waals surface area (Å²) in [7, 11) is 0. The molecule has 1 fully saturated rings. The highest BCUT2D eigenvalue weighted by molar-refractivity contribution is 5.82. The van der Waals surface area contributed by atoms with E-state index in [9.17, 15) is 9.59 Å². The molecule has 0 radical (unpaired) electrons. The van der Waals surface area contributed by atoms with Gasteiger partial charge in [0.25, 0.3) is 0 Å². The molecule has 1 atom stereocenters. The van der Waals surface area contributed by atoms with Gasteiger partial charge in [-0.05, 0) is 17.5 Å². The van der Waals surface area contributed by atoms with E-state index in [1.165, 1.54) is 5.56 Å². The lowest BCUT2D eigenvalue weighted by Crippen LogP contribution is -2.52. The molecule has 1 heterocycles. The van der Waals surface area contributed by atoms with E-state index in [0.717, 1.165) is 30.3 Å². The highest BCUT2D eigenvalue weighted by atomic mass is 16.2. The van der Waals surface area contributed by atoms with E-state index in [-0.39, 0.29) is 5.91 Å². The zero-order valence-corrected chi connectivity index (χ0v) is 15.5. The molecule has 0 aliphatic carbocycles. The van der Waals surface area contributed by atoms with E-state index in [0.29, 0.717) is 25.1 Å². The lowest BCUT2D eigenvalue weighted by Gasteiger charge is -2.40. The van der Waals surface area contributed by atoms with Crippen molar-refractivity contribution in [2.45, 2.75) is 38.8 Å². The minimum atomic E-state index is -0.796. The first-order valence-electron chi connectivity index (χ1n) is 9.37. The Morgan fingerprint density at radius 3 is 2.54 bits per heavy atom. The van der Waals surface area contributed by atoms with Gasteiger partial charge in [-0.2, -0.15) is 0 Å². The van der Waals surface area contributed by atoms with E-state index in [1.54, 1.807) is 0 Å². The van der Waals surface area contributed by atoms with E-state index in [4.69, 9.17) is 0 Å². The van der Waals surface area contributed by atoms with Gasteiger partial charge in [0.15, 0.2) is 0 Å². The van der Waals surface area contributed by atoms with Crippen molar-refractivity contribution in [3.8, 4) is 0 Å². The van der Waals surface area contributed by atoms with Crippen molar-refractivity contribution in [3.05, 3.63) is 70.8 Å². The van der Waals surface area contributed by atoms with E-state index in [1.807, 2.05) is 36.1 Å². The van der Waals surface area contributed by atoms with Gasteiger partial charge in [0.05, 0.1) is 0 Å². The Morgan fingerprint density at radius 1 is 1.15 bits per heavy atom. The van der Waals surface area contributed by atoms with Crippen LogP contribution in [0.4, 0.5) is 0 Å². The Kier molecular flexibility index (Phi) is 5.52. The van der Waals surface area contributed by atoms with Crippen LogP contribution >= 0.6 is 0 Å². The Bertz CT molecular complexity index is 785. The molecule has 2 aromatic carbocycles. The number of hydrogen-bond donors (Lipinski definition) is 1. The molecule has 1 N–H and O–H groups in total. The van der Waals surface area contributed by atoms with Crippen molar-refractivity contribution in [1.82, 2.24) is 10.2 Å². The number of carbonyl (C=O) groups excluding carboxylic acids is 2. The number of carbonyl (C=O) groups is 2. The zero-order chi connectivity index (χ0) is 18.6. The SMILES string of the molecule is CCCc1ccc(C2(c3ccccc3C=O)NCCN2C(=O)CC)cc1. The van der Waals surface area contributed by atoms with Crippen LogP contribution in [-0.4, -0.2) is 30.2 Å². The van der Waals surface area contributed by atoms with Crippen LogP contribution in [0.3, 0.4) is 0 Å². The molecule has 0 saturated carbocycles. The summed E-state index contributed by atoms with van der Waals surface area (Å²) in [5.74, 6) is 0.0772. The van der Waals surface area contributed by atoms with Gasteiger partial charge in [0, 0.05) is 30.6 Å². The summed E-state index contributed by atoms with van der Waals surface area (Å²) in [6, 6.07) is 15.9. The van der Waals surface area contributed by atoms with Gasteiger partial charge in [-0.3, -0.25) is 14.9 Å². The number of rotatable bonds is 6. The largest absolute Gasteiger partial charge is 0.315 e. The second kappa shape index (κ2) is 7.83. The molecule has 1 saturated heterocycles. The summed E-state index contributed by atoms with van der Waals surface area (Å²) in [4.78, 5) is 26.3. The second-order valence-electron chi connectivity index (χ2n) is 6.69. The molecular weight excluding hydrogens is 324 g/mol. The molecule has 0 bridgehead atoms. The van der Waals surface area contributed by atoms with Crippen molar-refractivity contribution in [2.75, 3.05) is 13.1 Å². The minimum Gasteiger partial charge on any atom is -0.315 e. The molecule has 1 aliphatic heterocycles. The standard InChI is InChI=1S/C22H26N2O2/c1-3-7-17-10-12-19(13-11-17)22(20-9-6-5-8-18(20)16-25)23-14-15-24(22)21(26)4-2/h5-6,8-13,16,23H,3-4,7,14-15H2,1-2H3. The number of nitrogens with one attached hydrogen (secondary N) is 1. The fourth-order valence-electron chi connectivity index (χ4n) is 3.90. The first-order valence-corrected chi connectivity index (χ1v) is 9.37. The molecule has 4 nitrogen and oxygen atoms in total. The fraction of sp³-hybridized carbons (Fsp3) is 0.364. The van der Waals surface area contributed by atoms with Crippen molar-refractivity contribution >= 4 is 12.2 Å². The molecule has 1 amide bonds. The first kappa shape index (κ1) is 18.3. The van der Waals surface area contributed by atoms with E-state index < -0.39 is 5.66 Å². The molecule has 26 heavy (non-hydrogen) atoms. The van der Waals surface area contributed by atoms with Gasteiger partial charge in [0.2, 0.25) is 5.91 Å². The molecule has 2 aromatic rings. The van der Waals surface area contributed by atoms with Crippen LogP contribution in [0.15, 0.2) is 48.5 Å². The van der Waals surface area contributed by atoms with Gasteiger partial charge in [-0.25, -0.2) is 0 Å². The van der Waals surface area contributed by atoms with E-state index in [2.05, 4.69) is 36.5 Å². The monoisotopic (exact) mass is 350 g/mol. The normalized spacial score (nSPS) is 19.5. The van der Waals surface area contributed by atoms with Crippen LogP contribution < -0.4 is 5.32 Å². The van der Waals surface area contributed by atoms with Gasteiger partial charge in [0.1, 0.15) is 11.9 Å². The Balaban J connectivity index is 2.19. The molecular formula is C22H26N2O2. The quantitative estimate of drug-likeness (QED) is 0.811. The molecule has 136 valence electrons. The number of nitrogens with zero attached hydrogens (tertiary/aromatic N) is 1. The van der Waals surface area contributed by atoms with Crippen LogP contribution in [0.25, 0.3) is 0 Å². The second-order valence-corrected chi connectivity index (χ2v) is 6.69. The lowest BCUT2D eigenvalue weighted by atomic mass is 9.86. The van der Waals surface area contributed by atoms with Crippen LogP contribution in [0.2, 0.25) is 0 Å². The zero-order valence-electron chi connectivity index (χ0n) is 15.5. The number of aryl methyl sites for hydroxylation is 1. The van der Waals surface area contributed by atoms with Crippen LogP contribution in [0.5, 0.6) is 0 Å². The predicted octanol–water partition coefficient (Wildman–Crippen LogP) is 3.49. The fourth-order valence-corrected chi connectivity index (χ4v) is 3.90. The van der Waals surface area contributed by atoms with Crippen molar-refractivity contribution < 1.29 is 9.59 Å². The number of benzene rings is 2. The van der Waals surface area contributed by atoms with Gasteiger partial charge >= 0.3 is 0 Å². The molecule has 1 unspecified atom stereocenters. The van der Waals surface area contributed by atoms with Crippen LogP contribution in [-0.2, 0) is 16.9 Å². The highest BCUT2D eigenvalue weighted by Gasteiger charge is 2.46. The maximum Gasteiger partial charge on any atom is 0.224 e. The lowest BCUT2D eigenvalue weighted by molar-refractivity contribution is -0.134. The molecule has 1 aliphatic rings. The van der Waals surface area contributed by atoms with Gasteiger partial charge < -0.3 is 4.90 Å². The summed E-state index contributed by atoms with van der Waals surface area (Å²) in [5, 5.41) is 3.54. The molecule has 0 spiro atoms. The van der Waals surface area contributed by atoms with Crippen LogP contribution in [0.1, 0.15) is 53.7 Å². The maximum atomic E-state index is 12.7. The third-order valence-corrected chi connectivity index (χ3v) is 5.11. The van der Waals surface area contributed by atoms with Crippen molar-refractivity contribution in [2.24, 2.45) is 0 Å². The molecule has 0 aromatic heterocycles. The summed E-state index contributed by atoms with van der Waals surface area (Å²) in [6.45, 7) is 5.35. The third kappa shape index (κ3) is 3.06. The number of aldehydes is 1. The van der Waals surface area contributed by atoms with Crippen molar-refractivity contribution in [1.29, 1.82) is 0 Å². The Hall–Kier alpha value is -2.46. The number of hydrogen-bond acceptors (Lipinski definition) is 3. The van der Waals surface area contributed by atoms with Gasteiger partial charge in [-0.1, -0.05) is 68.8 Å². The van der Waals surface area contributed by atoms with Crippen molar-refractivity contribution in [3.63, 3.8) is 0 Å². The molecule has 3 rings (SSSR count). The Morgan fingerprint density at radius 2 is 1.88 bits per heavy atom. The first-order chi connectivity index (χ1) is 12.7. The van der Waals surface area contributed by atoms with Crippen LogP contribution in [0, 0.1) is 0 Å². The third-order valence-electron chi connectivity index (χ3n) is 5.11. The molecule has 4 heteroatoms. The topological polar surface area (TPSA) is 49.4 Å². The van der Waals surface area contributed by atoms with Gasteiger partial charge in [-0.15, -0.1) is 0 Å². The minimum absolute atomic E-state index is 0.0772. The summed E-state index contributed by atoms with van der Waals surface area (Å²) < 4.78 is 0. The Labute approximate surface area is 155 Å². The number of amides is 1. The highest BCUT2D eigenvalue weighted by Crippen LogP contribution is 2.38. The average molecular weight is 350 g/mol. The summed E-state index contributed by atoms with van der Waals surface area (Å²) in [6.07, 6.45) is 3.43.